The Bertz CT molecular complexity index is 1320. The number of hydrogen-bond donors (Lipinski definition) is 1. The number of allylic oxidation sites excluding steroid dienone is 2. The molecule has 1 aliphatic rings. The van der Waals surface area contributed by atoms with Crippen LogP contribution in [0.5, 0.6) is 11.5 Å². The van der Waals surface area contributed by atoms with Gasteiger partial charge in [-0.2, -0.15) is 0 Å². The molecule has 0 saturated heterocycles. The first kappa shape index (κ1) is 24.0. The molecule has 6 nitrogen and oxygen atoms in total. The van der Waals surface area contributed by atoms with Gasteiger partial charge in [0, 0.05) is 35.6 Å². The van der Waals surface area contributed by atoms with Gasteiger partial charge in [-0.25, -0.2) is 9.37 Å². The molecule has 1 amide bonds. The second-order valence-corrected chi connectivity index (χ2v) is 8.60. The molecule has 0 bridgehead atoms. The molecule has 0 fully saturated rings. The summed E-state index contributed by atoms with van der Waals surface area (Å²) in [4.78, 5) is 18.9. The molecule has 1 atom stereocenters. The largest absolute Gasteiger partial charge is 0.493 e. The Balaban J connectivity index is 1.54. The highest BCUT2D eigenvalue weighted by atomic mass is 19.1. The molecule has 1 unspecified atom stereocenters. The van der Waals surface area contributed by atoms with Gasteiger partial charge < -0.3 is 20.1 Å². The second kappa shape index (κ2) is 10.0. The fourth-order valence-electron chi connectivity index (χ4n) is 4.16. The topological polar surface area (TPSA) is 77.7 Å². The lowest BCUT2D eigenvalue weighted by Crippen LogP contribution is -2.29. The van der Waals surface area contributed by atoms with Crippen molar-refractivity contribution in [1.82, 2.24) is 9.88 Å². The lowest BCUT2D eigenvalue weighted by molar-refractivity contribution is 0.0829. The highest BCUT2D eigenvalue weighted by Crippen LogP contribution is 2.34. The second-order valence-electron chi connectivity index (χ2n) is 8.60. The maximum absolute atomic E-state index is 14.1. The number of benzene rings is 2. The van der Waals surface area contributed by atoms with Crippen molar-refractivity contribution in [1.29, 1.82) is 0 Å². The zero-order chi connectivity index (χ0) is 25.1. The Morgan fingerprint density at radius 1 is 1.14 bits per heavy atom. The maximum atomic E-state index is 14.1. The van der Waals surface area contributed by atoms with E-state index in [4.69, 9.17) is 15.2 Å². The summed E-state index contributed by atoms with van der Waals surface area (Å²) in [6, 6.07) is 13.8. The average molecular weight is 474 g/mol. The van der Waals surface area contributed by atoms with Gasteiger partial charge in [0.25, 0.3) is 5.91 Å². The van der Waals surface area contributed by atoms with Crippen molar-refractivity contribution in [3.63, 3.8) is 0 Å². The highest BCUT2D eigenvalue weighted by Gasteiger charge is 2.19. The van der Waals surface area contributed by atoms with Crippen molar-refractivity contribution in [3.8, 4) is 22.6 Å². The quantitative estimate of drug-likeness (QED) is 0.481. The van der Waals surface area contributed by atoms with Crippen LogP contribution in [-0.2, 0) is 0 Å². The molecular weight excluding hydrogens is 445 g/mol. The third-order valence-electron chi connectivity index (χ3n) is 5.80. The number of carbonyl (C=O) groups is 1. The number of amides is 1. The van der Waals surface area contributed by atoms with Gasteiger partial charge in [0.05, 0.1) is 7.11 Å². The Hall–Kier alpha value is -4.13. The molecular formula is C28H28FN3O3. The van der Waals surface area contributed by atoms with E-state index in [9.17, 15) is 9.18 Å². The summed E-state index contributed by atoms with van der Waals surface area (Å²) in [7, 11) is 1.42. The van der Waals surface area contributed by atoms with Crippen LogP contribution >= 0.6 is 0 Å². The fraction of sp³-hybridized carbons (Fsp3) is 0.214. The minimum absolute atomic E-state index is 0.0549. The summed E-state index contributed by atoms with van der Waals surface area (Å²) in [6.07, 6.45) is 5.06. The minimum atomic E-state index is -0.529. The Kier molecular flexibility index (Phi) is 6.87. The molecule has 2 aromatic carbocycles. The third-order valence-corrected chi connectivity index (χ3v) is 5.80. The number of anilines is 1. The molecule has 0 spiro atoms. The van der Waals surface area contributed by atoms with Crippen LogP contribution in [0.1, 0.15) is 42.8 Å². The van der Waals surface area contributed by atoms with E-state index in [1.54, 1.807) is 48.4 Å². The first-order valence-electron chi connectivity index (χ1n) is 11.3. The number of pyridine rings is 1. The monoisotopic (exact) mass is 473 g/mol. The third kappa shape index (κ3) is 5.19. The smallest absolute Gasteiger partial charge is 0.258 e. The van der Waals surface area contributed by atoms with Gasteiger partial charge in [0.2, 0.25) is 0 Å². The van der Waals surface area contributed by atoms with E-state index in [0.29, 0.717) is 23.4 Å². The summed E-state index contributed by atoms with van der Waals surface area (Å²) in [5, 5.41) is 0. The number of methoxy groups -OCH3 is 1. The van der Waals surface area contributed by atoms with Crippen LogP contribution in [-0.4, -0.2) is 29.4 Å². The summed E-state index contributed by atoms with van der Waals surface area (Å²) >= 11 is 0. The predicted molar refractivity (Wildman–Crippen MR) is 135 cm³/mol. The molecule has 35 heavy (non-hydrogen) atoms. The Labute approximate surface area is 204 Å². The van der Waals surface area contributed by atoms with Gasteiger partial charge in [0.1, 0.15) is 6.10 Å². The molecule has 0 radical (unpaired) electrons. The predicted octanol–water partition coefficient (Wildman–Crippen LogP) is 5.92. The number of rotatable bonds is 6. The van der Waals surface area contributed by atoms with Gasteiger partial charge in [-0.05, 0) is 56.2 Å². The summed E-state index contributed by atoms with van der Waals surface area (Å²) in [5.41, 5.74) is 11.0. The van der Waals surface area contributed by atoms with E-state index in [1.165, 1.54) is 13.2 Å². The number of hydrogen-bond acceptors (Lipinski definition) is 5. The molecule has 4 rings (SSSR count). The molecule has 0 saturated carbocycles. The molecule has 7 heteroatoms. The number of nitrogens with two attached hydrogens (primary N) is 1. The zero-order valence-electron chi connectivity index (χ0n) is 20.2. The van der Waals surface area contributed by atoms with Crippen molar-refractivity contribution < 1.29 is 18.7 Å². The van der Waals surface area contributed by atoms with E-state index in [-0.39, 0.29) is 17.5 Å². The van der Waals surface area contributed by atoms with Crippen LogP contribution in [0.2, 0.25) is 0 Å². The van der Waals surface area contributed by atoms with Crippen molar-refractivity contribution in [2.45, 2.75) is 26.9 Å². The Morgan fingerprint density at radius 3 is 2.57 bits per heavy atom. The summed E-state index contributed by atoms with van der Waals surface area (Å²) < 4.78 is 25.4. The molecule has 2 heterocycles. The van der Waals surface area contributed by atoms with Gasteiger partial charge in [-0.15, -0.1) is 0 Å². The van der Waals surface area contributed by atoms with Crippen LogP contribution < -0.4 is 15.2 Å². The zero-order valence-corrected chi connectivity index (χ0v) is 20.2. The minimum Gasteiger partial charge on any atom is -0.493 e. The fourth-order valence-corrected chi connectivity index (χ4v) is 4.16. The number of nitrogens with zero attached hydrogens (tertiary/aromatic N) is 2. The van der Waals surface area contributed by atoms with Crippen LogP contribution in [0.3, 0.4) is 0 Å². The van der Waals surface area contributed by atoms with E-state index in [0.717, 1.165) is 22.3 Å². The number of para-hydroxylation sites is 1. The van der Waals surface area contributed by atoms with Gasteiger partial charge in [-0.3, -0.25) is 4.79 Å². The lowest BCUT2D eigenvalue weighted by atomic mass is 10.0. The number of halogens is 1. The van der Waals surface area contributed by atoms with E-state index < -0.39 is 11.9 Å². The van der Waals surface area contributed by atoms with Crippen molar-refractivity contribution in [2.75, 3.05) is 19.4 Å². The maximum Gasteiger partial charge on any atom is 0.258 e. The number of carbonyl (C=O) groups excluding carboxylic acids is 1. The van der Waals surface area contributed by atoms with Gasteiger partial charge >= 0.3 is 0 Å². The van der Waals surface area contributed by atoms with Crippen molar-refractivity contribution in [3.05, 3.63) is 95.1 Å². The van der Waals surface area contributed by atoms with E-state index in [1.807, 2.05) is 32.2 Å². The van der Waals surface area contributed by atoms with E-state index in [2.05, 4.69) is 11.1 Å². The summed E-state index contributed by atoms with van der Waals surface area (Å²) in [5.74, 6) is 0.209. The number of nitrogen functional groups attached to an aromatic ring is 1. The lowest BCUT2D eigenvalue weighted by Gasteiger charge is -2.23. The Morgan fingerprint density at radius 2 is 1.89 bits per heavy atom. The average Bonchev–Trinajstić information content (AvgIpc) is 2.84. The SMILES string of the molecule is COc1c(F)cccc1C(C)Oc1cc(-c2ccc(C(=O)N3C=C(C)C=C(C)C3)cc2)cnc1N. The molecule has 2 N–H and O–H groups in total. The van der Waals surface area contributed by atoms with Crippen LogP contribution in [0.15, 0.2) is 78.1 Å². The van der Waals surface area contributed by atoms with Gasteiger partial charge in [-0.1, -0.05) is 35.9 Å². The molecule has 1 aromatic heterocycles. The molecule has 0 aliphatic carbocycles. The van der Waals surface area contributed by atoms with Crippen molar-refractivity contribution in [2.24, 2.45) is 0 Å². The van der Waals surface area contributed by atoms with Crippen LogP contribution in [0.25, 0.3) is 11.1 Å². The highest BCUT2D eigenvalue weighted by molar-refractivity contribution is 5.95. The van der Waals surface area contributed by atoms with E-state index >= 15 is 0 Å². The first-order chi connectivity index (χ1) is 16.8. The van der Waals surface area contributed by atoms with Crippen LogP contribution in [0, 0.1) is 5.82 Å². The molecule has 1 aliphatic heterocycles. The van der Waals surface area contributed by atoms with Gasteiger partial charge in [0.15, 0.2) is 23.1 Å². The molecule has 180 valence electrons. The van der Waals surface area contributed by atoms with Crippen LogP contribution in [0.4, 0.5) is 10.2 Å². The first-order valence-corrected chi connectivity index (χ1v) is 11.3. The normalized spacial score (nSPS) is 14.1. The number of ether oxygens (including phenoxy) is 2. The molecule has 3 aromatic rings. The summed E-state index contributed by atoms with van der Waals surface area (Å²) in [6.45, 7) is 6.36. The van der Waals surface area contributed by atoms with Crippen molar-refractivity contribution >= 4 is 11.7 Å². The number of aromatic nitrogens is 1. The standard InChI is InChI=1S/C28H28FN3O3/c1-17-12-18(2)16-32(15-17)28(33)21-10-8-20(9-11-21)22-13-25(27(30)31-14-22)35-19(3)23-6-5-7-24(29)26(23)34-4/h5-15,19H,16H2,1-4H3,(H2,30,31).